The average Bonchev–Trinajstić information content (AvgIpc) is 3.30. The maximum Gasteiger partial charge on any atom is 0.440 e. The Labute approximate surface area is 173 Å². The van der Waals surface area contributed by atoms with E-state index < -0.39 is 23.7 Å². The van der Waals surface area contributed by atoms with Gasteiger partial charge in [-0.3, -0.25) is 19.5 Å². The Balaban J connectivity index is 1.75. The third-order valence-corrected chi connectivity index (χ3v) is 6.06. The summed E-state index contributed by atoms with van der Waals surface area (Å²) in [5, 5.41) is 4.16. The highest BCUT2D eigenvalue weighted by atomic mass is 35.5. The van der Waals surface area contributed by atoms with Gasteiger partial charge in [0.25, 0.3) is 11.6 Å². The van der Waals surface area contributed by atoms with Gasteiger partial charge in [0.05, 0.1) is 10.5 Å². The molecule has 0 saturated heterocycles. The number of hydrogen-bond acceptors (Lipinski definition) is 3. The van der Waals surface area contributed by atoms with Crippen molar-refractivity contribution in [1.82, 2.24) is 14.9 Å². The Bertz CT molecular complexity index is 1000. The number of amides is 2. The first kappa shape index (κ1) is 20.3. The molecule has 2 amide bonds. The van der Waals surface area contributed by atoms with Gasteiger partial charge in [0.1, 0.15) is 5.52 Å². The molecular formula is C18H17Cl2F3N4O2. The van der Waals surface area contributed by atoms with Crippen LogP contribution in [0.15, 0.2) is 12.1 Å². The summed E-state index contributed by atoms with van der Waals surface area (Å²) in [6, 6.07) is 2.57. The molecule has 2 N–H and O–H groups in total. The molecule has 11 heteroatoms. The van der Waals surface area contributed by atoms with E-state index >= 15 is 0 Å². The predicted molar refractivity (Wildman–Crippen MR) is 102 cm³/mol. The summed E-state index contributed by atoms with van der Waals surface area (Å²) in [7, 11) is 0. The summed E-state index contributed by atoms with van der Waals surface area (Å²) < 4.78 is 43.4. The molecule has 0 bridgehead atoms. The summed E-state index contributed by atoms with van der Waals surface area (Å²) in [5.41, 5.74) is -3.39. The van der Waals surface area contributed by atoms with E-state index in [1.807, 2.05) is 5.32 Å². The third kappa shape index (κ3) is 3.24. The molecule has 2 aliphatic rings. The molecule has 1 unspecified atom stereocenters. The molecule has 1 atom stereocenters. The van der Waals surface area contributed by atoms with Crippen molar-refractivity contribution in [3.63, 3.8) is 0 Å². The molecule has 29 heavy (non-hydrogen) atoms. The molecule has 1 aliphatic carbocycles. The second-order valence-corrected chi connectivity index (χ2v) is 8.27. The van der Waals surface area contributed by atoms with Gasteiger partial charge in [-0.05, 0) is 24.5 Å². The maximum absolute atomic E-state index is 14.3. The Morgan fingerprint density at radius 3 is 2.66 bits per heavy atom. The van der Waals surface area contributed by atoms with E-state index in [1.54, 1.807) is 0 Å². The van der Waals surface area contributed by atoms with Gasteiger partial charge < -0.3 is 5.32 Å². The smallest absolute Gasteiger partial charge is 0.317 e. The van der Waals surface area contributed by atoms with Crippen molar-refractivity contribution >= 4 is 52.0 Å². The lowest BCUT2D eigenvalue weighted by Crippen LogP contribution is -2.63. The lowest BCUT2D eigenvalue weighted by molar-refractivity contribution is -0.217. The highest BCUT2D eigenvalue weighted by Gasteiger charge is 2.67. The Morgan fingerprint density at radius 1 is 1.31 bits per heavy atom. The molecule has 0 spiro atoms. The van der Waals surface area contributed by atoms with Gasteiger partial charge in [-0.25, -0.2) is 4.98 Å². The number of nitrogens with zero attached hydrogens (tertiary/aromatic N) is 2. The fourth-order valence-electron chi connectivity index (χ4n) is 4.16. The number of benzene rings is 1. The second-order valence-electron chi connectivity index (χ2n) is 7.43. The molecule has 1 aliphatic heterocycles. The Kier molecular flexibility index (Phi) is 4.93. The first-order valence-electron chi connectivity index (χ1n) is 9.20. The van der Waals surface area contributed by atoms with Crippen molar-refractivity contribution in [3.05, 3.63) is 22.2 Å². The number of anilines is 1. The second kappa shape index (κ2) is 7.05. The zero-order valence-electron chi connectivity index (χ0n) is 15.1. The van der Waals surface area contributed by atoms with Gasteiger partial charge >= 0.3 is 6.18 Å². The number of rotatable bonds is 4. The number of carbonyl (C=O) groups excluding carboxylic acids is 2. The summed E-state index contributed by atoms with van der Waals surface area (Å²) in [5.74, 6) is -2.32. The van der Waals surface area contributed by atoms with E-state index in [-0.39, 0.29) is 33.4 Å². The molecule has 1 saturated carbocycles. The topological polar surface area (TPSA) is 76.0 Å². The number of halogens is 5. The predicted octanol–water partition coefficient (Wildman–Crippen LogP) is 4.60. The minimum absolute atomic E-state index is 0.0345. The maximum atomic E-state index is 14.3. The van der Waals surface area contributed by atoms with E-state index in [2.05, 4.69) is 10.3 Å². The number of fused-ring (bicyclic) bond motifs is 3. The zero-order chi connectivity index (χ0) is 21.0. The number of imidazole rings is 1. The van der Waals surface area contributed by atoms with Gasteiger partial charge in [0.15, 0.2) is 0 Å². The van der Waals surface area contributed by atoms with Crippen molar-refractivity contribution in [2.75, 3.05) is 5.32 Å². The molecule has 0 radical (unpaired) electrons. The molecule has 6 nitrogen and oxygen atoms in total. The normalized spacial score (nSPS) is 22.2. The van der Waals surface area contributed by atoms with E-state index in [1.165, 1.54) is 12.1 Å². The number of hydrogen-bond donors (Lipinski definition) is 2. The van der Waals surface area contributed by atoms with Gasteiger partial charge in [-0.1, -0.05) is 48.9 Å². The highest BCUT2D eigenvalue weighted by Crippen LogP contribution is 2.45. The fourth-order valence-corrected chi connectivity index (χ4v) is 4.68. The first-order valence-corrected chi connectivity index (χ1v) is 9.96. The van der Waals surface area contributed by atoms with E-state index in [0.29, 0.717) is 16.9 Å². The van der Waals surface area contributed by atoms with E-state index in [4.69, 9.17) is 23.2 Å². The van der Waals surface area contributed by atoms with Gasteiger partial charge in [-0.15, -0.1) is 0 Å². The van der Waals surface area contributed by atoms with Crippen LogP contribution in [0.4, 0.5) is 19.1 Å². The minimum Gasteiger partial charge on any atom is -0.317 e. The quantitative estimate of drug-likeness (QED) is 0.717. The molecule has 4 rings (SSSR count). The van der Waals surface area contributed by atoms with Crippen LogP contribution in [0, 0.1) is 5.92 Å². The van der Waals surface area contributed by atoms with Crippen LogP contribution in [0.1, 0.15) is 38.5 Å². The lowest BCUT2D eigenvalue weighted by atomic mass is 10.0. The van der Waals surface area contributed by atoms with Crippen LogP contribution in [0.5, 0.6) is 0 Å². The fraction of sp³-hybridized carbons (Fsp3) is 0.500. The van der Waals surface area contributed by atoms with Crippen LogP contribution >= 0.6 is 23.2 Å². The largest absolute Gasteiger partial charge is 0.440 e. The van der Waals surface area contributed by atoms with Crippen molar-refractivity contribution < 1.29 is 22.8 Å². The van der Waals surface area contributed by atoms with Crippen molar-refractivity contribution in [2.45, 2.75) is 50.4 Å². The van der Waals surface area contributed by atoms with Gasteiger partial charge in [0.2, 0.25) is 11.9 Å². The SMILES string of the molecule is O=C(CCC1CCCC1)NC1(C(F)(F)F)C(=O)Nc2nc3c(Cl)cc(Cl)cc3n21. The number of nitrogens with one attached hydrogen (secondary N) is 2. The van der Waals surface area contributed by atoms with Crippen LogP contribution < -0.4 is 10.6 Å². The third-order valence-electron chi connectivity index (χ3n) is 5.55. The summed E-state index contributed by atoms with van der Waals surface area (Å²) in [6.45, 7) is 0. The lowest BCUT2D eigenvalue weighted by Gasteiger charge is -2.32. The highest BCUT2D eigenvalue weighted by molar-refractivity contribution is 6.38. The average molecular weight is 449 g/mol. The van der Waals surface area contributed by atoms with Crippen LogP contribution in [-0.4, -0.2) is 27.5 Å². The number of carbonyl (C=O) groups is 2. The number of alkyl halides is 3. The Hall–Kier alpha value is -2.00. The van der Waals surface area contributed by atoms with Crippen molar-refractivity contribution in [3.8, 4) is 0 Å². The molecule has 2 heterocycles. The molecule has 1 aromatic heterocycles. The van der Waals surface area contributed by atoms with Gasteiger partial charge in [0, 0.05) is 11.4 Å². The van der Waals surface area contributed by atoms with Crippen LogP contribution in [0.2, 0.25) is 10.0 Å². The molecule has 1 aromatic carbocycles. The standard InChI is InChI=1S/C18H17Cl2F3N4O2/c19-10-7-11(20)14-12(8-10)27-16(24-14)25-15(29)17(27,18(21,22)23)26-13(28)6-5-9-3-1-2-4-9/h7-9H,1-6H2,(H,26,28)(H,24,25,29). The molecule has 1 fully saturated rings. The Morgan fingerprint density at radius 2 is 2.00 bits per heavy atom. The van der Waals surface area contributed by atoms with Crippen molar-refractivity contribution in [2.24, 2.45) is 5.92 Å². The molecule has 2 aromatic rings. The zero-order valence-corrected chi connectivity index (χ0v) is 16.6. The number of aromatic nitrogens is 2. The van der Waals surface area contributed by atoms with Crippen LogP contribution in [0.25, 0.3) is 11.0 Å². The summed E-state index contributed by atoms with van der Waals surface area (Å²) in [4.78, 5) is 29.0. The summed E-state index contributed by atoms with van der Waals surface area (Å²) in [6.07, 6.45) is -0.694. The van der Waals surface area contributed by atoms with Crippen LogP contribution in [-0.2, 0) is 15.3 Å². The van der Waals surface area contributed by atoms with E-state index in [0.717, 1.165) is 25.7 Å². The van der Waals surface area contributed by atoms with Crippen LogP contribution in [0.3, 0.4) is 0 Å². The molecule has 156 valence electrons. The first-order chi connectivity index (χ1) is 13.6. The monoisotopic (exact) mass is 448 g/mol. The minimum atomic E-state index is -5.13. The van der Waals surface area contributed by atoms with E-state index in [9.17, 15) is 22.8 Å². The van der Waals surface area contributed by atoms with Gasteiger partial charge in [-0.2, -0.15) is 13.2 Å². The summed E-state index contributed by atoms with van der Waals surface area (Å²) >= 11 is 12.0. The van der Waals surface area contributed by atoms with Crippen molar-refractivity contribution in [1.29, 1.82) is 0 Å². The molecular weight excluding hydrogens is 432 g/mol.